The van der Waals surface area contributed by atoms with Gasteiger partial charge in [-0.2, -0.15) is 0 Å². The fourth-order valence-electron chi connectivity index (χ4n) is 7.32. The van der Waals surface area contributed by atoms with E-state index in [0.29, 0.717) is 0 Å². The minimum atomic E-state index is 0.899. The largest absolute Gasteiger partial charge is 0.252 e. The van der Waals surface area contributed by atoms with Crippen molar-refractivity contribution in [1.82, 2.24) is 19.9 Å². The van der Waals surface area contributed by atoms with Gasteiger partial charge < -0.3 is 0 Å². The maximum Gasteiger partial charge on any atom is 0.0971 e. The molecule has 4 nitrogen and oxygen atoms in total. The number of hydrogen-bond donors (Lipinski definition) is 0. The first-order valence-corrected chi connectivity index (χ1v) is 21.3. The van der Waals surface area contributed by atoms with Crippen molar-refractivity contribution in [2.24, 2.45) is 0 Å². The summed E-state index contributed by atoms with van der Waals surface area (Å²) >= 11 is 7.11. The van der Waals surface area contributed by atoms with Gasteiger partial charge in [-0.05, 0) is 106 Å². The van der Waals surface area contributed by atoms with Crippen LogP contribution in [0.25, 0.3) is 65.2 Å². The van der Waals surface area contributed by atoms with E-state index in [1.165, 1.54) is 10.8 Å². The molecule has 0 fully saturated rings. The molecule has 11 aromatic rings. The standard InChI is InChI=1S/C32H18N2.C16H8Br2N2.C8H6/c1-3-7-23(8-4-1)11-13-25-15-17-27-29(21-25)30-22-26(14-12-24-9-5-2-6-10-24)16-18-28(30)32-31(27)33-19-20-34-32;17-9-1-3-11-13(7-9)14-8-10(18)2-4-12(14)16-15(11)19-5-6-20-16;1-2-8-6-4-3-5-7-8/h1-10,15-22H;1-8H;1,3-7H. The van der Waals surface area contributed by atoms with Crippen LogP contribution in [0.4, 0.5) is 0 Å². The fraction of sp³-hybridized carbons (Fsp3) is 0. The van der Waals surface area contributed by atoms with E-state index in [2.05, 4.69) is 142 Å². The molecule has 0 aliphatic heterocycles. The van der Waals surface area contributed by atoms with Gasteiger partial charge in [0.1, 0.15) is 0 Å². The summed E-state index contributed by atoms with van der Waals surface area (Å²) in [7, 11) is 0. The monoisotopic (exact) mass is 918 g/mol. The predicted octanol–water partition coefficient (Wildman–Crippen LogP) is 13.9. The summed E-state index contributed by atoms with van der Waals surface area (Å²) < 4.78 is 2.13. The Morgan fingerprint density at radius 1 is 0.306 bits per heavy atom. The highest BCUT2D eigenvalue weighted by Crippen LogP contribution is 2.36. The van der Waals surface area contributed by atoms with Crippen molar-refractivity contribution in [3.05, 3.63) is 225 Å². The molecule has 0 N–H and O–H groups in total. The van der Waals surface area contributed by atoms with E-state index in [4.69, 9.17) is 6.42 Å². The minimum absolute atomic E-state index is 0.899. The second kappa shape index (κ2) is 18.3. The second-order valence-corrected chi connectivity index (χ2v) is 16.0. The maximum absolute atomic E-state index is 5.10. The fourth-order valence-corrected chi connectivity index (χ4v) is 8.05. The van der Waals surface area contributed by atoms with Gasteiger partial charge in [-0.15, -0.1) is 6.42 Å². The molecule has 0 aliphatic carbocycles. The smallest absolute Gasteiger partial charge is 0.0971 e. The van der Waals surface area contributed by atoms with E-state index in [1.807, 2.05) is 103 Å². The van der Waals surface area contributed by atoms with Crippen LogP contribution in [0.15, 0.2) is 198 Å². The van der Waals surface area contributed by atoms with Gasteiger partial charge in [-0.1, -0.05) is 140 Å². The molecule has 11 rings (SSSR count). The lowest BCUT2D eigenvalue weighted by Crippen LogP contribution is -1.90. The summed E-state index contributed by atoms with van der Waals surface area (Å²) in [5, 5.41) is 8.96. The number of halogens is 2. The molecule has 0 amide bonds. The summed E-state index contributed by atoms with van der Waals surface area (Å²) in [6, 6.07) is 54.8. The molecule has 62 heavy (non-hydrogen) atoms. The Kier molecular flexibility index (Phi) is 11.7. The summed E-state index contributed by atoms with van der Waals surface area (Å²) in [5.41, 5.74) is 8.54. The van der Waals surface area contributed by atoms with Crippen LogP contribution in [0.1, 0.15) is 27.8 Å². The lowest BCUT2D eigenvalue weighted by atomic mass is 9.96. The van der Waals surface area contributed by atoms with Crippen LogP contribution in [0.3, 0.4) is 0 Å². The average Bonchev–Trinajstić information content (AvgIpc) is 3.34. The van der Waals surface area contributed by atoms with Crippen LogP contribution >= 0.6 is 31.9 Å². The topological polar surface area (TPSA) is 51.6 Å². The highest BCUT2D eigenvalue weighted by atomic mass is 79.9. The Labute approximate surface area is 376 Å². The lowest BCUT2D eigenvalue weighted by Gasteiger charge is -2.09. The van der Waals surface area contributed by atoms with Crippen molar-refractivity contribution in [2.75, 3.05) is 0 Å². The van der Waals surface area contributed by atoms with E-state index in [-0.39, 0.29) is 0 Å². The lowest BCUT2D eigenvalue weighted by molar-refractivity contribution is 1.31. The van der Waals surface area contributed by atoms with Gasteiger partial charge >= 0.3 is 0 Å². The Morgan fingerprint density at radius 2 is 0.613 bits per heavy atom. The van der Waals surface area contributed by atoms with E-state index in [0.717, 1.165) is 91.1 Å². The molecule has 290 valence electrons. The van der Waals surface area contributed by atoms with Crippen LogP contribution in [-0.2, 0) is 0 Å². The van der Waals surface area contributed by atoms with Crippen molar-refractivity contribution < 1.29 is 0 Å². The molecule has 0 aliphatic rings. The van der Waals surface area contributed by atoms with Crippen LogP contribution in [-0.4, -0.2) is 19.9 Å². The molecule has 2 aromatic heterocycles. The SMILES string of the molecule is Brc1ccc2c(c1)c1cc(Br)ccc1c1nccnc21.C#Cc1ccccc1.C(#Cc1ccc2c(c1)c1cc(C#Cc3ccccc3)ccc1c1nccnc21)c1ccccc1. The number of fused-ring (bicyclic) bond motifs is 12. The Bertz CT molecular complexity index is 3400. The zero-order chi connectivity index (χ0) is 42.3. The summed E-state index contributed by atoms with van der Waals surface area (Å²) in [4.78, 5) is 18.4. The van der Waals surface area contributed by atoms with Gasteiger partial charge in [0.2, 0.25) is 0 Å². The highest BCUT2D eigenvalue weighted by Gasteiger charge is 2.13. The quantitative estimate of drug-likeness (QED) is 0.112. The maximum atomic E-state index is 5.10. The van der Waals surface area contributed by atoms with Gasteiger partial charge in [-0.25, -0.2) is 0 Å². The second-order valence-electron chi connectivity index (χ2n) is 14.2. The van der Waals surface area contributed by atoms with Crippen molar-refractivity contribution in [1.29, 1.82) is 0 Å². The molecular weight excluding hydrogens is 888 g/mol. The Hall–Kier alpha value is -7.66. The average molecular weight is 921 g/mol. The number of terminal acetylenes is 1. The molecule has 0 bridgehead atoms. The van der Waals surface area contributed by atoms with Gasteiger partial charge in [0.25, 0.3) is 0 Å². The molecule has 0 saturated heterocycles. The zero-order valence-electron chi connectivity index (χ0n) is 33.0. The summed E-state index contributed by atoms with van der Waals surface area (Å²) in [6.07, 6.45) is 12.1. The van der Waals surface area contributed by atoms with Crippen LogP contribution in [0, 0.1) is 36.0 Å². The zero-order valence-corrected chi connectivity index (χ0v) is 36.2. The van der Waals surface area contributed by atoms with Crippen LogP contribution < -0.4 is 0 Å². The molecule has 0 spiro atoms. The first kappa shape index (κ1) is 39.8. The van der Waals surface area contributed by atoms with Gasteiger partial charge in [0.15, 0.2) is 0 Å². The number of hydrogen-bond acceptors (Lipinski definition) is 4. The normalized spacial score (nSPS) is 10.5. The van der Waals surface area contributed by atoms with Crippen LogP contribution in [0.5, 0.6) is 0 Å². The van der Waals surface area contributed by atoms with Gasteiger partial charge in [0.05, 0.1) is 22.1 Å². The molecule has 9 aromatic carbocycles. The van der Waals surface area contributed by atoms with E-state index in [1.54, 1.807) is 24.8 Å². The molecule has 0 atom stereocenters. The molecular formula is C56H32Br2N4. The van der Waals surface area contributed by atoms with E-state index < -0.39 is 0 Å². The number of aromatic nitrogens is 4. The first-order chi connectivity index (χ1) is 30.5. The number of nitrogens with zero attached hydrogens (tertiary/aromatic N) is 4. The van der Waals surface area contributed by atoms with Gasteiger partial charge in [-0.3, -0.25) is 19.9 Å². The van der Waals surface area contributed by atoms with E-state index in [9.17, 15) is 0 Å². The third kappa shape index (κ3) is 8.64. The predicted molar refractivity (Wildman–Crippen MR) is 264 cm³/mol. The van der Waals surface area contributed by atoms with Gasteiger partial charge in [0, 0.05) is 83.1 Å². The van der Waals surface area contributed by atoms with E-state index >= 15 is 0 Å². The van der Waals surface area contributed by atoms with Crippen LogP contribution in [0.2, 0.25) is 0 Å². The summed E-state index contributed by atoms with van der Waals surface area (Å²) in [6.45, 7) is 0. The van der Waals surface area contributed by atoms with Crippen molar-refractivity contribution in [3.63, 3.8) is 0 Å². The molecule has 0 unspecified atom stereocenters. The summed E-state index contributed by atoms with van der Waals surface area (Å²) in [5.74, 6) is 15.7. The third-order valence-corrected chi connectivity index (χ3v) is 11.2. The molecule has 0 saturated carbocycles. The Morgan fingerprint density at radius 3 is 0.952 bits per heavy atom. The third-order valence-electron chi connectivity index (χ3n) is 10.2. The van der Waals surface area contributed by atoms with Crippen molar-refractivity contribution in [2.45, 2.75) is 0 Å². The Balaban J connectivity index is 0.000000146. The minimum Gasteiger partial charge on any atom is -0.252 e. The number of rotatable bonds is 0. The molecule has 6 heteroatoms. The molecule has 2 heterocycles. The molecule has 0 radical (unpaired) electrons. The highest BCUT2D eigenvalue weighted by molar-refractivity contribution is 9.10. The van der Waals surface area contributed by atoms with Crippen molar-refractivity contribution in [3.8, 4) is 36.0 Å². The number of benzene rings is 9. The van der Waals surface area contributed by atoms with Crippen molar-refractivity contribution >= 4 is 97.0 Å². The first-order valence-electron chi connectivity index (χ1n) is 19.7.